The number of aliphatic carboxylic acids is 1. The standard InChI is InChI=1S/C16H29NO3/c1-12(16(19)20)7-6-8-13(2)17-15(18)11-14-9-4-3-5-10-14/h12-14H,3-11H2,1-2H3,(H,17,18)(H,19,20). The summed E-state index contributed by atoms with van der Waals surface area (Å²) in [5, 5.41) is 11.8. The highest BCUT2D eigenvalue weighted by molar-refractivity contribution is 5.76. The van der Waals surface area contributed by atoms with Gasteiger partial charge in [-0.3, -0.25) is 9.59 Å². The van der Waals surface area contributed by atoms with Gasteiger partial charge in [-0.15, -0.1) is 0 Å². The molecule has 0 spiro atoms. The molecule has 1 aliphatic carbocycles. The van der Waals surface area contributed by atoms with Crippen LogP contribution in [0.5, 0.6) is 0 Å². The first-order chi connectivity index (χ1) is 9.49. The van der Waals surface area contributed by atoms with Gasteiger partial charge in [0.05, 0.1) is 5.92 Å². The number of amides is 1. The largest absolute Gasteiger partial charge is 0.481 e. The molecule has 0 aromatic rings. The summed E-state index contributed by atoms with van der Waals surface area (Å²) < 4.78 is 0. The van der Waals surface area contributed by atoms with Crippen molar-refractivity contribution < 1.29 is 14.7 Å². The molecular weight excluding hydrogens is 254 g/mol. The van der Waals surface area contributed by atoms with Crippen LogP contribution in [0.1, 0.15) is 71.6 Å². The Morgan fingerprint density at radius 1 is 1.15 bits per heavy atom. The van der Waals surface area contributed by atoms with Gasteiger partial charge in [0.2, 0.25) is 5.91 Å². The van der Waals surface area contributed by atoms with E-state index in [2.05, 4.69) is 5.32 Å². The normalized spacial score (nSPS) is 19.3. The molecule has 1 rings (SSSR count). The number of hydrogen-bond donors (Lipinski definition) is 2. The molecular formula is C16H29NO3. The first kappa shape index (κ1) is 17.0. The summed E-state index contributed by atoms with van der Waals surface area (Å²) in [4.78, 5) is 22.6. The summed E-state index contributed by atoms with van der Waals surface area (Å²) in [6.07, 6.45) is 9.27. The minimum Gasteiger partial charge on any atom is -0.481 e. The van der Waals surface area contributed by atoms with Crippen LogP contribution in [0.2, 0.25) is 0 Å². The molecule has 20 heavy (non-hydrogen) atoms. The molecule has 2 atom stereocenters. The molecule has 0 heterocycles. The van der Waals surface area contributed by atoms with Crippen LogP contribution in [0.25, 0.3) is 0 Å². The molecule has 0 aliphatic heterocycles. The van der Waals surface area contributed by atoms with Gasteiger partial charge < -0.3 is 10.4 Å². The number of rotatable bonds is 8. The van der Waals surface area contributed by atoms with Crippen molar-refractivity contribution in [2.75, 3.05) is 0 Å². The van der Waals surface area contributed by atoms with Gasteiger partial charge in [0, 0.05) is 12.5 Å². The smallest absolute Gasteiger partial charge is 0.306 e. The molecule has 1 amide bonds. The number of carboxylic acids is 1. The Morgan fingerprint density at radius 2 is 1.80 bits per heavy atom. The zero-order valence-electron chi connectivity index (χ0n) is 12.9. The Hall–Kier alpha value is -1.06. The Labute approximate surface area is 122 Å². The molecule has 0 aromatic carbocycles. The van der Waals surface area contributed by atoms with Crippen LogP contribution < -0.4 is 5.32 Å². The summed E-state index contributed by atoms with van der Waals surface area (Å²) in [6, 6.07) is 0.145. The van der Waals surface area contributed by atoms with Crippen molar-refractivity contribution in [1.82, 2.24) is 5.32 Å². The van der Waals surface area contributed by atoms with Gasteiger partial charge in [0.1, 0.15) is 0 Å². The summed E-state index contributed by atoms with van der Waals surface area (Å²) in [5.74, 6) is -0.294. The van der Waals surface area contributed by atoms with E-state index >= 15 is 0 Å². The van der Waals surface area contributed by atoms with E-state index in [-0.39, 0.29) is 17.9 Å². The fourth-order valence-electron chi connectivity index (χ4n) is 2.91. The van der Waals surface area contributed by atoms with Gasteiger partial charge in [-0.05, 0) is 38.5 Å². The maximum absolute atomic E-state index is 11.9. The maximum Gasteiger partial charge on any atom is 0.306 e. The molecule has 2 N–H and O–H groups in total. The number of carboxylic acid groups (broad SMARTS) is 1. The molecule has 1 saturated carbocycles. The van der Waals surface area contributed by atoms with E-state index in [0.717, 1.165) is 12.8 Å². The van der Waals surface area contributed by atoms with E-state index in [4.69, 9.17) is 5.11 Å². The predicted molar refractivity (Wildman–Crippen MR) is 79.4 cm³/mol. The highest BCUT2D eigenvalue weighted by atomic mass is 16.4. The second-order valence-electron chi connectivity index (χ2n) is 6.35. The average Bonchev–Trinajstić information content (AvgIpc) is 2.39. The van der Waals surface area contributed by atoms with Gasteiger partial charge in [-0.1, -0.05) is 32.6 Å². The average molecular weight is 283 g/mol. The van der Waals surface area contributed by atoms with E-state index in [1.165, 1.54) is 32.1 Å². The van der Waals surface area contributed by atoms with Crippen LogP contribution in [0.3, 0.4) is 0 Å². The SMILES string of the molecule is CC(CCCC(C)C(=O)O)NC(=O)CC1CCCCC1. The zero-order valence-corrected chi connectivity index (χ0v) is 12.9. The van der Waals surface area contributed by atoms with E-state index in [1.54, 1.807) is 6.92 Å². The van der Waals surface area contributed by atoms with Crippen molar-refractivity contribution in [3.63, 3.8) is 0 Å². The van der Waals surface area contributed by atoms with Crippen molar-refractivity contribution in [2.24, 2.45) is 11.8 Å². The number of carbonyl (C=O) groups is 2. The fourth-order valence-corrected chi connectivity index (χ4v) is 2.91. The lowest BCUT2D eigenvalue weighted by Crippen LogP contribution is -2.34. The third kappa shape index (κ3) is 6.92. The predicted octanol–water partition coefficient (Wildman–Crippen LogP) is 3.35. The summed E-state index contributed by atoms with van der Waals surface area (Å²) >= 11 is 0. The lowest BCUT2D eigenvalue weighted by atomic mass is 9.87. The first-order valence-electron chi connectivity index (χ1n) is 8.01. The van der Waals surface area contributed by atoms with E-state index < -0.39 is 5.97 Å². The topological polar surface area (TPSA) is 66.4 Å². The Balaban J connectivity index is 2.12. The van der Waals surface area contributed by atoms with Crippen LogP contribution in [-0.2, 0) is 9.59 Å². The van der Waals surface area contributed by atoms with Crippen LogP contribution in [0.4, 0.5) is 0 Å². The van der Waals surface area contributed by atoms with Crippen molar-refractivity contribution in [1.29, 1.82) is 0 Å². The molecule has 4 nitrogen and oxygen atoms in total. The Kier molecular flexibility index (Phi) is 7.63. The van der Waals surface area contributed by atoms with Gasteiger partial charge in [0.25, 0.3) is 0 Å². The van der Waals surface area contributed by atoms with Crippen LogP contribution >= 0.6 is 0 Å². The molecule has 116 valence electrons. The van der Waals surface area contributed by atoms with E-state index in [1.807, 2.05) is 6.92 Å². The highest BCUT2D eigenvalue weighted by Crippen LogP contribution is 2.26. The number of carbonyl (C=O) groups excluding carboxylic acids is 1. The molecule has 0 aromatic heterocycles. The Bertz CT molecular complexity index is 311. The second-order valence-corrected chi connectivity index (χ2v) is 6.35. The molecule has 1 fully saturated rings. The van der Waals surface area contributed by atoms with Crippen molar-refractivity contribution >= 4 is 11.9 Å². The Morgan fingerprint density at radius 3 is 2.40 bits per heavy atom. The second kappa shape index (κ2) is 8.98. The minimum atomic E-state index is -0.737. The summed E-state index contributed by atoms with van der Waals surface area (Å²) in [6.45, 7) is 3.73. The molecule has 4 heteroatoms. The molecule has 2 unspecified atom stereocenters. The van der Waals surface area contributed by atoms with Crippen molar-refractivity contribution in [3.8, 4) is 0 Å². The lowest BCUT2D eigenvalue weighted by molar-refractivity contribution is -0.141. The van der Waals surface area contributed by atoms with E-state index in [0.29, 0.717) is 18.8 Å². The molecule has 0 radical (unpaired) electrons. The molecule has 0 bridgehead atoms. The monoisotopic (exact) mass is 283 g/mol. The van der Waals surface area contributed by atoms with Gasteiger partial charge in [-0.25, -0.2) is 0 Å². The van der Waals surface area contributed by atoms with Crippen LogP contribution in [-0.4, -0.2) is 23.0 Å². The zero-order chi connectivity index (χ0) is 15.0. The first-order valence-corrected chi connectivity index (χ1v) is 8.01. The third-order valence-corrected chi connectivity index (χ3v) is 4.30. The van der Waals surface area contributed by atoms with Crippen molar-refractivity contribution in [3.05, 3.63) is 0 Å². The van der Waals surface area contributed by atoms with Gasteiger partial charge >= 0.3 is 5.97 Å². The van der Waals surface area contributed by atoms with Gasteiger partial charge in [-0.2, -0.15) is 0 Å². The number of nitrogens with one attached hydrogen (secondary N) is 1. The number of hydrogen-bond acceptors (Lipinski definition) is 2. The molecule has 0 saturated heterocycles. The van der Waals surface area contributed by atoms with Crippen LogP contribution in [0.15, 0.2) is 0 Å². The quantitative estimate of drug-likeness (QED) is 0.718. The minimum absolute atomic E-state index is 0.145. The molecule has 1 aliphatic rings. The lowest BCUT2D eigenvalue weighted by Gasteiger charge is -2.22. The fraction of sp³-hybridized carbons (Fsp3) is 0.875. The summed E-state index contributed by atoms with van der Waals surface area (Å²) in [5.41, 5.74) is 0. The van der Waals surface area contributed by atoms with E-state index in [9.17, 15) is 9.59 Å². The summed E-state index contributed by atoms with van der Waals surface area (Å²) in [7, 11) is 0. The van der Waals surface area contributed by atoms with Crippen LogP contribution in [0, 0.1) is 11.8 Å². The van der Waals surface area contributed by atoms with Gasteiger partial charge in [0.15, 0.2) is 0 Å². The van der Waals surface area contributed by atoms with Crippen molar-refractivity contribution in [2.45, 2.75) is 77.7 Å². The third-order valence-electron chi connectivity index (χ3n) is 4.30. The maximum atomic E-state index is 11.9. The highest BCUT2D eigenvalue weighted by Gasteiger charge is 2.18.